The summed E-state index contributed by atoms with van der Waals surface area (Å²) in [6.07, 6.45) is 1.01. The summed E-state index contributed by atoms with van der Waals surface area (Å²) in [5.74, 6) is 0.687. The van der Waals surface area contributed by atoms with Gasteiger partial charge in [0.25, 0.3) is 0 Å². The number of amides is 1. The lowest BCUT2D eigenvalue weighted by Crippen LogP contribution is -2.16. The Labute approximate surface area is 102 Å². The highest BCUT2D eigenvalue weighted by atomic mass is 16.5. The zero-order valence-electron chi connectivity index (χ0n) is 10.8. The highest BCUT2D eigenvalue weighted by molar-refractivity contribution is 5.92. The molecule has 94 valence electrons. The number of methoxy groups -OCH3 is 1. The van der Waals surface area contributed by atoms with E-state index < -0.39 is 0 Å². The van der Waals surface area contributed by atoms with E-state index in [0.717, 1.165) is 23.5 Å². The number of ether oxygens (including phenoxy) is 1. The molecule has 4 heteroatoms. The SMILES string of the molecule is CCC(C)Nc1cc(OC)ccc1NC(C)=O. The van der Waals surface area contributed by atoms with Crippen LogP contribution in [0.15, 0.2) is 18.2 Å². The van der Waals surface area contributed by atoms with E-state index in [-0.39, 0.29) is 5.91 Å². The molecule has 1 unspecified atom stereocenters. The molecule has 0 saturated heterocycles. The molecule has 4 nitrogen and oxygen atoms in total. The lowest BCUT2D eigenvalue weighted by molar-refractivity contribution is -0.114. The van der Waals surface area contributed by atoms with Gasteiger partial charge in [-0.2, -0.15) is 0 Å². The summed E-state index contributed by atoms with van der Waals surface area (Å²) in [4.78, 5) is 11.1. The molecule has 17 heavy (non-hydrogen) atoms. The fourth-order valence-electron chi connectivity index (χ4n) is 1.44. The predicted molar refractivity (Wildman–Crippen MR) is 70.7 cm³/mol. The first-order valence-electron chi connectivity index (χ1n) is 5.79. The van der Waals surface area contributed by atoms with Crippen molar-refractivity contribution >= 4 is 17.3 Å². The van der Waals surface area contributed by atoms with Gasteiger partial charge in [0.05, 0.1) is 18.5 Å². The van der Waals surface area contributed by atoms with Crippen LogP contribution in [0.1, 0.15) is 27.2 Å². The van der Waals surface area contributed by atoms with E-state index in [9.17, 15) is 4.79 Å². The van der Waals surface area contributed by atoms with Gasteiger partial charge in [0.15, 0.2) is 0 Å². The number of carbonyl (C=O) groups is 1. The van der Waals surface area contributed by atoms with Crippen molar-refractivity contribution in [2.75, 3.05) is 17.7 Å². The molecule has 0 aliphatic rings. The summed E-state index contributed by atoms with van der Waals surface area (Å²) in [7, 11) is 1.63. The van der Waals surface area contributed by atoms with Crippen LogP contribution in [-0.4, -0.2) is 19.1 Å². The molecule has 0 saturated carbocycles. The number of hydrogen-bond acceptors (Lipinski definition) is 3. The number of benzene rings is 1. The predicted octanol–water partition coefficient (Wildman–Crippen LogP) is 2.86. The van der Waals surface area contributed by atoms with Crippen LogP contribution in [0.5, 0.6) is 5.75 Å². The van der Waals surface area contributed by atoms with Gasteiger partial charge in [0.2, 0.25) is 5.91 Å². The van der Waals surface area contributed by atoms with Crippen LogP contribution in [0.4, 0.5) is 11.4 Å². The lowest BCUT2D eigenvalue weighted by Gasteiger charge is -2.17. The summed E-state index contributed by atoms with van der Waals surface area (Å²) in [5, 5.41) is 6.14. The van der Waals surface area contributed by atoms with Crippen molar-refractivity contribution in [2.24, 2.45) is 0 Å². The summed E-state index contributed by atoms with van der Waals surface area (Å²) in [5.41, 5.74) is 1.66. The zero-order chi connectivity index (χ0) is 12.8. The Morgan fingerprint density at radius 2 is 2.12 bits per heavy atom. The summed E-state index contributed by atoms with van der Waals surface area (Å²) < 4.78 is 5.18. The van der Waals surface area contributed by atoms with Crippen molar-refractivity contribution in [3.05, 3.63) is 18.2 Å². The fourth-order valence-corrected chi connectivity index (χ4v) is 1.44. The molecule has 0 bridgehead atoms. The van der Waals surface area contributed by atoms with Crippen LogP contribution in [0.3, 0.4) is 0 Å². The molecule has 0 spiro atoms. The second-order valence-corrected chi connectivity index (χ2v) is 4.05. The van der Waals surface area contributed by atoms with E-state index >= 15 is 0 Å². The molecule has 0 aliphatic heterocycles. The first-order valence-corrected chi connectivity index (χ1v) is 5.79. The number of anilines is 2. The first-order chi connectivity index (χ1) is 8.06. The Morgan fingerprint density at radius 1 is 1.41 bits per heavy atom. The third kappa shape index (κ3) is 3.98. The van der Waals surface area contributed by atoms with E-state index in [1.165, 1.54) is 6.92 Å². The molecule has 2 N–H and O–H groups in total. The maximum atomic E-state index is 11.1. The van der Waals surface area contributed by atoms with Gasteiger partial charge in [0, 0.05) is 19.0 Å². The van der Waals surface area contributed by atoms with Gasteiger partial charge in [0.1, 0.15) is 5.75 Å². The summed E-state index contributed by atoms with van der Waals surface area (Å²) in [6.45, 7) is 5.70. The molecule has 0 radical (unpaired) electrons. The number of rotatable bonds is 5. The molecule has 1 aromatic rings. The van der Waals surface area contributed by atoms with Crippen LogP contribution >= 0.6 is 0 Å². The Kier molecular flexibility index (Phi) is 4.82. The molecule has 0 aliphatic carbocycles. The minimum absolute atomic E-state index is 0.0811. The van der Waals surface area contributed by atoms with Gasteiger partial charge in [-0.05, 0) is 25.5 Å². The molecule has 0 aromatic heterocycles. The smallest absolute Gasteiger partial charge is 0.221 e. The molecular weight excluding hydrogens is 216 g/mol. The van der Waals surface area contributed by atoms with Crippen molar-refractivity contribution in [3.63, 3.8) is 0 Å². The monoisotopic (exact) mass is 236 g/mol. The summed E-state index contributed by atoms with van der Waals surface area (Å²) in [6, 6.07) is 5.89. The van der Waals surface area contributed by atoms with Gasteiger partial charge < -0.3 is 15.4 Å². The Bertz CT molecular complexity index is 391. The highest BCUT2D eigenvalue weighted by Crippen LogP contribution is 2.27. The highest BCUT2D eigenvalue weighted by Gasteiger charge is 2.08. The van der Waals surface area contributed by atoms with Gasteiger partial charge in [-0.1, -0.05) is 6.92 Å². The second-order valence-electron chi connectivity index (χ2n) is 4.05. The van der Waals surface area contributed by atoms with Crippen molar-refractivity contribution in [1.82, 2.24) is 0 Å². The van der Waals surface area contributed by atoms with E-state index in [2.05, 4.69) is 24.5 Å². The van der Waals surface area contributed by atoms with E-state index in [4.69, 9.17) is 4.74 Å². The first kappa shape index (κ1) is 13.4. The average Bonchev–Trinajstić information content (AvgIpc) is 2.30. The van der Waals surface area contributed by atoms with E-state index in [1.807, 2.05) is 18.2 Å². The maximum absolute atomic E-state index is 11.1. The normalized spacial score (nSPS) is 11.8. The maximum Gasteiger partial charge on any atom is 0.221 e. The van der Waals surface area contributed by atoms with Gasteiger partial charge in [-0.25, -0.2) is 0 Å². The second kappa shape index (κ2) is 6.13. The van der Waals surface area contributed by atoms with Crippen molar-refractivity contribution in [1.29, 1.82) is 0 Å². The van der Waals surface area contributed by atoms with E-state index in [0.29, 0.717) is 6.04 Å². The molecule has 1 amide bonds. The van der Waals surface area contributed by atoms with Crippen molar-refractivity contribution < 1.29 is 9.53 Å². The van der Waals surface area contributed by atoms with Gasteiger partial charge >= 0.3 is 0 Å². The van der Waals surface area contributed by atoms with Crippen LogP contribution in [0, 0.1) is 0 Å². The largest absolute Gasteiger partial charge is 0.497 e. The zero-order valence-corrected chi connectivity index (χ0v) is 10.8. The molecular formula is C13H20N2O2. The third-order valence-electron chi connectivity index (χ3n) is 2.55. The molecule has 0 fully saturated rings. The van der Waals surface area contributed by atoms with Crippen LogP contribution in [0.25, 0.3) is 0 Å². The molecule has 1 aromatic carbocycles. The molecule has 1 rings (SSSR count). The van der Waals surface area contributed by atoms with Crippen LogP contribution < -0.4 is 15.4 Å². The standard InChI is InChI=1S/C13H20N2O2/c1-5-9(2)14-13-8-11(17-4)6-7-12(13)15-10(3)16/h6-9,14H,5H2,1-4H3,(H,15,16). The summed E-state index contributed by atoms with van der Waals surface area (Å²) >= 11 is 0. The molecule has 0 heterocycles. The topological polar surface area (TPSA) is 50.4 Å². The average molecular weight is 236 g/mol. The number of nitrogens with one attached hydrogen (secondary N) is 2. The van der Waals surface area contributed by atoms with Crippen molar-refractivity contribution in [2.45, 2.75) is 33.2 Å². The van der Waals surface area contributed by atoms with Gasteiger partial charge in [-0.3, -0.25) is 4.79 Å². The quantitative estimate of drug-likeness (QED) is 0.826. The number of hydrogen-bond donors (Lipinski definition) is 2. The Balaban J connectivity index is 2.98. The van der Waals surface area contributed by atoms with Crippen molar-refractivity contribution in [3.8, 4) is 5.75 Å². The van der Waals surface area contributed by atoms with E-state index in [1.54, 1.807) is 7.11 Å². The lowest BCUT2D eigenvalue weighted by atomic mass is 10.2. The minimum atomic E-state index is -0.0811. The van der Waals surface area contributed by atoms with Crippen LogP contribution in [-0.2, 0) is 4.79 Å². The third-order valence-corrected chi connectivity index (χ3v) is 2.55. The fraction of sp³-hybridized carbons (Fsp3) is 0.462. The minimum Gasteiger partial charge on any atom is -0.497 e. The molecule has 1 atom stereocenters. The number of carbonyl (C=O) groups excluding carboxylic acids is 1. The Hall–Kier alpha value is -1.71. The van der Waals surface area contributed by atoms with Gasteiger partial charge in [-0.15, -0.1) is 0 Å². The van der Waals surface area contributed by atoms with Crippen LogP contribution in [0.2, 0.25) is 0 Å². The Morgan fingerprint density at radius 3 is 2.65 bits per heavy atom.